The lowest BCUT2D eigenvalue weighted by Gasteiger charge is -2.38. The summed E-state index contributed by atoms with van der Waals surface area (Å²) in [7, 11) is 1.81. The Morgan fingerprint density at radius 1 is 1.13 bits per heavy atom. The Kier molecular flexibility index (Phi) is 5.04. The van der Waals surface area contributed by atoms with Crippen LogP contribution in [0.1, 0.15) is 29.0 Å². The van der Waals surface area contributed by atoms with Crippen molar-refractivity contribution in [3.63, 3.8) is 0 Å². The molecule has 0 saturated carbocycles. The van der Waals surface area contributed by atoms with Crippen molar-refractivity contribution in [2.24, 2.45) is 7.05 Å². The summed E-state index contributed by atoms with van der Waals surface area (Å²) in [6.45, 7) is -0.549. The standard InChI is InChI=1S/C21H19F6N3/c1-29-12-28-18-3-2-14(6-19(18)29)15-8-20(23,24)11-30(10-15)9-13-4-16(21(25,26)27)7-17(22)5-13/h2-7,12,15H,8-11H2,1H3. The Hall–Kier alpha value is -2.55. The van der Waals surface area contributed by atoms with E-state index in [2.05, 4.69) is 4.98 Å². The molecule has 0 radical (unpaired) electrons. The fraction of sp³-hybridized carbons (Fsp3) is 0.381. The molecule has 1 atom stereocenters. The third-order valence-corrected chi connectivity index (χ3v) is 5.39. The Morgan fingerprint density at radius 2 is 1.90 bits per heavy atom. The van der Waals surface area contributed by atoms with Gasteiger partial charge in [-0.15, -0.1) is 0 Å². The first kappa shape index (κ1) is 20.7. The summed E-state index contributed by atoms with van der Waals surface area (Å²) in [6.07, 6.45) is -3.42. The summed E-state index contributed by atoms with van der Waals surface area (Å²) < 4.78 is 83.3. The van der Waals surface area contributed by atoms with Crippen molar-refractivity contribution in [3.05, 3.63) is 65.2 Å². The van der Waals surface area contributed by atoms with E-state index in [9.17, 15) is 26.3 Å². The molecule has 0 amide bonds. The zero-order chi connectivity index (χ0) is 21.7. The average molecular weight is 427 g/mol. The molecule has 30 heavy (non-hydrogen) atoms. The molecular weight excluding hydrogens is 408 g/mol. The van der Waals surface area contributed by atoms with Crippen molar-refractivity contribution in [3.8, 4) is 0 Å². The molecule has 2 heterocycles. The number of halogens is 6. The third kappa shape index (κ3) is 4.30. The number of aromatic nitrogens is 2. The molecule has 1 fully saturated rings. The molecule has 1 aliphatic heterocycles. The number of piperidine rings is 1. The maximum absolute atomic E-state index is 14.5. The predicted molar refractivity (Wildman–Crippen MR) is 99.7 cm³/mol. The summed E-state index contributed by atoms with van der Waals surface area (Å²) in [5, 5.41) is 0. The lowest BCUT2D eigenvalue weighted by molar-refractivity contribution is -0.137. The van der Waals surface area contributed by atoms with Crippen molar-refractivity contribution in [1.82, 2.24) is 14.5 Å². The van der Waals surface area contributed by atoms with Gasteiger partial charge in [-0.25, -0.2) is 18.2 Å². The lowest BCUT2D eigenvalue weighted by atomic mass is 9.88. The van der Waals surface area contributed by atoms with Crippen molar-refractivity contribution in [2.75, 3.05) is 13.1 Å². The molecule has 1 aromatic heterocycles. The highest BCUT2D eigenvalue weighted by molar-refractivity contribution is 5.76. The highest BCUT2D eigenvalue weighted by atomic mass is 19.4. The maximum Gasteiger partial charge on any atom is 0.416 e. The van der Waals surface area contributed by atoms with Crippen LogP contribution in [0.5, 0.6) is 0 Å². The molecule has 2 aromatic carbocycles. The van der Waals surface area contributed by atoms with Gasteiger partial charge >= 0.3 is 6.18 Å². The van der Waals surface area contributed by atoms with Crippen LogP contribution in [0, 0.1) is 5.82 Å². The average Bonchev–Trinajstić information content (AvgIpc) is 2.99. The van der Waals surface area contributed by atoms with Crippen LogP contribution in [-0.2, 0) is 19.8 Å². The monoisotopic (exact) mass is 427 g/mol. The van der Waals surface area contributed by atoms with Gasteiger partial charge in [0.05, 0.1) is 29.5 Å². The van der Waals surface area contributed by atoms with Gasteiger partial charge in [-0.1, -0.05) is 6.07 Å². The largest absolute Gasteiger partial charge is 0.416 e. The Balaban J connectivity index is 1.60. The van der Waals surface area contributed by atoms with E-state index >= 15 is 0 Å². The molecule has 1 saturated heterocycles. The summed E-state index contributed by atoms with van der Waals surface area (Å²) in [4.78, 5) is 5.60. The van der Waals surface area contributed by atoms with Gasteiger partial charge in [0.1, 0.15) is 5.82 Å². The maximum atomic E-state index is 14.5. The zero-order valence-corrected chi connectivity index (χ0v) is 16.1. The van der Waals surface area contributed by atoms with E-state index in [1.807, 2.05) is 13.1 Å². The van der Waals surface area contributed by atoms with Gasteiger partial charge in [0.25, 0.3) is 5.92 Å². The number of aryl methyl sites for hydroxylation is 1. The van der Waals surface area contributed by atoms with Crippen LogP contribution in [0.3, 0.4) is 0 Å². The highest BCUT2D eigenvalue weighted by Gasteiger charge is 2.41. The lowest BCUT2D eigenvalue weighted by Crippen LogP contribution is -2.45. The SMILES string of the molecule is Cn1cnc2ccc(C3CN(Cc4cc(F)cc(C(F)(F)F)c4)CC(F)(F)C3)cc21. The number of rotatable bonds is 3. The fourth-order valence-corrected chi connectivity index (χ4v) is 4.10. The molecule has 3 nitrogen and oxygen atoms in total. The smallest absolute Gasteiger partial charge is 0.334 e. The van der Waals surface area contributed by atoms with Gasteiger partial charge in [0, 0.05) is 32.5 Å². The second-order valence-corrected chi connectivity index (χ2v) is 7.88. The molecule has 9 heteroatoms. The van der Waals surface area contributed by atoms with Crippen molar-refractivity contribution in [1.29, 1.82) is 0 Å². The first-order chi connectivity index (χ1) is 14.0. The molecule has 0 aliphatic carbocycles. The minimum absolute atomic E-state index is 0.0147. The quantitative estimate of drug-likeness (QED) is 0.525. The number of alkyl halides is 5. The number of hydrogen-bond acceptors (Lipinski definition) is 2. The second-order valence-electron chi connectivity index (χ2n) is 7.88. The highest BCUT2D eigenvalue weighted by Crippen LogP contribution is 2.38. The second kappa shape index (κ2) is 7.30. The molecule has 0 bridgehead atoms. The predicted octanol–water partition coefficient (Wildman–Crippen LogP) is 5.36. The minimum Gasteiger partial charge on any atom is -0.334 e. The molecule has 1 unspecified atom stereocenters. The summed E-state index contributed by atoms with van der Waals surface area (Å²) in [6, 6.07) is 7.51. The molecule has 1 aliphatic rings. The van der Waals surface area contributed by atoms with Gasteiger partial charge in [-0.05, 0) is 41.5 Å². The van der Waals surface area contributed by atoms with E-state index < -0.39 is 35.9 Å². The molecule has 4 rings (SSSR count). The molecule has 0 N–H and O–H groups in total. The van der Waals surface area contributed by atoms with E-state index in [4.69, 9.17) is 0 Å². The number of likely N-dealkylation sites (tertiary alicyclic amines) is 1. The number of nitrogens with zero attached hydrogens (tertiary/aromatic N) is 3. The first-order valence-corrected chi connectivity index (χ1v) is 9.38. The third-order valence-electron chi connectivity index (χ3n) is 5.39. The molecule has 3 aromatic rings. The summed E-state index contributed by atoms with van der Waals surface area (Å²) >= 11 is 0. The van der Waals surface area contributed by atoms with E-state index in [0.717, 1.165) is 23.2 Å². The van der Waals surface area contributed by atoms with E-state index in [0.29, 0.717) is 11.6 Å². The molecule has 160 valence electrons. The van der Waals surface area contributed by atoms with E-state index in [-0.39, 0.29) is 25.1 Å². The number of fused-ring (bicyclic) bond motifs is 1. The van der Waals surface area contributed by atoms with Gasteiger partial charge < -0.3 is 4.57 Å². The topological polar surface area (TPSA) is 21.1 Å². The normalized spacial score (nSPS) is 20.0. The summed E-state index contributed by atoms with van der Waals surface area (Å²) in [5.41, 5.74) is 1.17. The van der Waals surface area contributed by atoms with Crippen LogP contribution < -0.4 is 0 Å². The number of hydrogen-bond donors (Lipinski definition) is 0. The summed E-state index contributed by atoms with van der Waals surface area (Å²) in [5.74, 6) is -4.56. The van der Waals surface area contributed by atoms with E-state index in [1.165, 1.54) is 4.90 Å². The van der Waals surface area contributed by atoms with Crippen molar-refractivity contribution in [2.45, 2.75) is 31.0 Å². The van der Waals surface area contributed by atoms with Crippen molar-refractivity contribution >= 4 is 11.0 Å². The van der Waals surface area contributed by atoms with Crippen LogP contribution in [0.2, 0.25) is 0 Å². The first-order valence-electron chi connectivity index (χ1n) is 9.38. The van der Waals surface area contributed by atoms with Crippen LogP contribution >= 0.6 is 0 Å². The van der Waals surface area contributed by atoms with Crippen LogP contribution in [0.25, 0.3) is 11.0 Å². The van der Waals surface area contributed by atoms with Gasteiger partial charge in [-0.3, -0.25) is 4.90 Å². The molecule has 0 spiro atoms. The Bertz CT molecular complexity index is 1070. The minimum atomic E-state index is -4.70. The van der Waals surface area contributed by atoms with Crippen LogP contribution in [0.15, 0.2) is 42.7 Å². The fourth-order valence-electron chi connectivity index (χ4n) is 4.10. The number of imidazole rings is 1. The van der Waals surface area contributed by atoms with E-state index in [1.54, 1.807) is 23.0 Å². The van der Waals surface area contributed by atoms with Crippen molar-refractivity contribution < 1.29 is 26.3 Å². The Labute approximate surface area is 168 Å². The van der Waals surface area contributed by atoms with Gasteiger partial charge in [-0.2, -0.15) is 13.2 Å². The van der Waals surface area contributed by atoms with Gasteiger partial charge in [0.15, 0.2) is 0 Å². The number of benzene rings is 2. The van der Waals surface area contributed by atoms with Crippen LogP contribution in [0.4, 0.5) is 26.3 Å². The van der Waals surface area contributed by atoms with Gasteiger partial charge in [0.2, 0.25) is 0 Å². The van der Waals surface area contributed by atoms with Crippen LogP contribution in [-0.4, -0.2) is 33.5 Å². The zero-order valence-electron chi connectivity index (χ0n) is 16.1. The Morgan fingerprint density at radius 3 is 2.63 bits per heavy atom. The molecular formula is C21H19F6N3.